The van der Waals surface area contributed by atoms with Crippen LogP contribution in [0.4, 0.5) is 11.5 Å². The molecular formula is C21H22Cl2N6O4. The number of halogens is 2. The Hall–Kier alpha value is -3.02. The second-order valence-corrected chi connectivity index (χ2v) is 7.86. The molecule has 10 nitrogen and oxygen atoms in total. The fourth-order valence-corrected chi connectivity index (χ4v) is 3.85. The molecule has 0 spiro atoms. The number of carbonyl (C=O) groups excluding carboxylic acids is 1. The highest BCUT2D eigenvalue weighted by atomic mass is 35.5. The van der Waals surface area contributed by atoms with Gasteiger partial charge < -0.3 is 26.3 Å². The summed E-state index contributed by atoms with van der Waals surface area (Å²) >= 11 is 12.7. The molecule has 0 saturated carbocycles. The fraction of sp³-hybridized carbons (Fsp3) is 0.238. The molecule has 0 bridgehead atoms. The van der Waals surface area contributed by atoms with Crippen molar-refractivity contribution in [3.63, 3.8) is 0 Å². The molecule has 5 N–H and O–H groups in total. The molecule has 1 aromatic carbocycles. The Balaban J connectivity index is 1.98. The van der Waals surface area contributed by atoms with Crippen molar-refractivity contribution in [2.45, 2.75) is 12.6 Å². The van der Waals surface area contributed by atoms with Crippen molar-refractivity contribution in [1.29, 1.82) is 0 Å². The molecule has 2 aromatic heterocycles. The Morgan fingerprint density at radius 3 is 2.52 bits per heavy atom. The van der Waals surface area contributed by atoms with Crippen molar-refractivity contribution in [3.8, 4) is 5.69 Å². The van der Waals surface area contributed by atoms with E-state index in [9.17, 15) is 9.59 Å². The van der Waals surface area contributed by atoms with Gasteiger partial charge in [-0.15, -0.1) is 0 Å². The summed E-state index contributed by atoms with van der Waals surface area (Å²) in [7, 11) is 3.06. The highest BCUT2D eigenvalue weighted by Crippen LogP contribution is 2.30. The zero-order valence-corrected chi connectivity index (χ0v) is 19.4. The first-order chi connectivity index (χ1) is 15.8. The average Bonchev–Trinajstić information content (AvgIpc) is 2.75. The molecule has 2 heterocycles. The number of pyridine rings is 1. The van der Waals surface area contributed by atoms with E-state index in [0.717, 1.165) is 10.9 Å². The Morgan fingerprint density at radius 2 is 1.88 bits per heavy atom. The Labute approximate surface area is 199 Å². The van der Waals surface area contributed by atoms with E-state index in [4.69, 9.17) is 44.1 Å². The number of anilines is 2. The van der Waals surface area contributed by atoms with Crippen LogP contribution >= 0.6 is 23.2 Å². The van der Waals surface area contributed by atoms with Crippen molar-refractivity contribution < 1.29 is 14.3 Å². The normalized spacial score (nSPS) is 11.9. The van der Waals surface area contributed by atoms with Gasteiger partial charge in [-0.2, -0.15) is 0 Å². The van der Waals surface area contributed by atoms with E-state index < -0.39 is 17.5 Å². The molecule has 174 valence electrons. The van der Waals surface area contributed by atoms with E-state index in [1.165, 1.54) is 20.4 Å². The van der Waals surface area contributed by atoms with E-state index in [1.54, 1.807) is 24.4 Å². The second kappa shape index (κ2) is 10.7. The first-order valence-corrected chi connectivity index (χ1v) is 10.4. The number of rotatable bonds is 8. The van der Waals surface area contributed by atoms with E-state index in [1.807, 2.05) is 0 Å². The number of nitrogens with two attached hydrogens (primary N) is 2. The van der Waals surface area contributed by atoms with E-state index in [-0.39, 0.29) is 40.3 Å². The molecule has 0 unspecified atom stereocenters. The predicted molar refractivity (Wildman–Crippen MR) is 126 cm³/mol. The van der Waals surface area contributed by atoms with Crippen LogP contribution in [0.15, 0.2) is 41.7 Å². The average molecular weight is 493 g/mol. The maximum atomic E-state index is 13.2. The van der Waals surface area contributed by atoms with Gasteiger partial charge in [-0.3, -0.25) is 19.1 Å². The van der Waals surface area contributed by atoms with Crippen molar-refractivity contribution >= 4 is 40.6 Å². The summed E-state index contributed by atoms with van der Waals surface area (Å²) in [4.78, 5) is 34.2. The van der Waals surface area contributed by atoms with Crippen LogP contribution in [0.25, 0.3) is 5.69 Å². The van der Waals surface area contributed by atoms with Crippen molar-refractivity contribution in [2.75, 3.05) is 31.9 Å². The molecule has 3 aromatic rings. The highest BCUT2D eigenvalue weighted by molar-refractivity contribution is 6.37. The van der Waals surface area contributed by atoms with E-state index >= 15 is 0 Å². The molecular weight excluding hydrogens is 471 g/mol. The summed E-state index contributed by atoms with van der Waals surface area (Å²) < 4.78 is 11.2. The van der Waals surface area contributed by atoms with Gasteiger partial charge in [0.15, 0.2) is 0 Å². The number of methoxy groups -OCH3 is 2. The Morgan fingerprint density at radius 1 is 1.18 bits per heavy atom. The number of benzene rings is 1. The molecule has 0 aliphatic carbocycles. The smallest absolute Gasteiger partial charge is 0.273 e. The third kappa shape index (κ3) is 5.49. The van der Waals surface area contributed by atoms with Gasteiger partial charge in [0.05, 0.1) is 46.9 Å². The summed E-state index contributed by atoms with van der Waals surface area (Å²) in [6.45, 7) is 0.549. The fourth-order valence-electron chi connectivity index (χ4n) is 3.14. The Kier molecular flexibility index (Phi) is 8.01. The molecule has 3 rings (SSSR count). The number of amides is 1. The van der Waals surface area contributed by atoms with Gasteiger partial charge in [0.25, 0.3) is 11.5 Å². The van der Waals surface area contributed by atoms with Crippen LogP contribution < -0.4 is 22.3 Å². The standard InChI is InChI=1S/C21H22Cl2N6O4/c1-32-8-11-3-14(22)18(15(23)4-11)29-10-27-19(25)17(21(29)31)20(30)28-13-5-12(6-26-7-13)16(24)9-33-2/h3-7,10,16H,8-9,24-25H2,1-2H3,(H,28,30)/t16-/m1/s1. The minimum absolute atomic E-state index is 0.166. The molecule has 0 aliphatic rings. The van der Waals surface area contributed by atoms with Crippen LogP contribution in [0.1, 0.15) is 27.5 Å². The van der Waals surface area contributed by atoms with Crippen LogP contribution in [0.3, 0.4) is 0 Å². The number of hydrogen-bond acceptors (Lipinski definition) is 8. The molecule has 0 saturated heterocycles. The number of hydrogen-bond donors (Lipinski definition) is 3. The van der Waals surface area contributed by atoms with E-state index in [0.29, 0.717) is 16.8 Å². The van der Waals surface area contributed by atoms with Gasteiger partial charge in [-0.05, 0) is 29.3 Å². The van der Waals surface area contributed by atoms with Gasteiger partial charge in [-0.1, -0.05) is 23.2 Å². The lowest BCUT2D eigenvalue weighted by atomic mass is 10.1. The number of aromatic nitrogens is 3. The predicted octanol–water partition coefficient (Wildman–Crippen LogP) is 2.56. The number of nitrogens with zero attached hydrogens (tertiary/aromatic N) is 3. The van der Waals surface area contributed by atoms with Gasteiger partial charge in [0.2, 0.25) is 0 Å². The van der Waals surface area contributed by atoms with Gasteiger partial charge in [0.1, 0.15) is 17.7 Å². The van der Waals surface area contributed by atoms with E-state index in [2.05, 4.69) is 15.3 Å². The van der Waals surface area contributed by atoms with Crippen molar-refractivity contribution in [1.82, 2.24) is 14.5 Å². The van der Waals surface area contributed by atoms with Gasteiger partial charge in [-0.25, -0.2) is 4.98 Å². The monoisotopic (exact) mass is 492 g/mol. The quantitative estimate of drug-likeness (QED) is 0.434. The number of carbonyl (C=O) groups is 1. The van der Waals surface area contributed by atoms with Crippen molar-refractivity contribution in [2.24, 2.45) is 5.73 Å². The maximum absolute atomic E-state index is 13.2. The van der Waals surface area contributed by atoms with Crippen LogP contribution in [0.5, 0.6) is 0 Å². The second-order valence-electron chi connectivity index (χ2n) is 7.04. The number of nitrogen functional groups attached to an aromatic ring is 1. The lowest BCUT2D eigenvalue weighted by molar-refractivity contribution is 0.102. The summed E-state index contributed by atoms with van der Waals surface area (Å²) in [5.41, 5.74) is 12.6. The highest BCUT2D eigenvalue weighted by Gasteiger charge is 2.21. The van der Waals surface area contributed by atoms with Crippen LogP contribution in [0, 0.1) is 0 Å². The summed E-state index contributed by atoms with van der Waals surface area (Å²) in [6, 6.07) is 4.40. The molecule has 33 heavy (non-hydrogen) atoms. The number of ether oxygens (including phenoxy) is 2. The number of nitrogens with one attached hydrogen (secondary N) is 1. The zero-order chi connectivity index (χ0) is 24.1. The molecule has 0 aliphatic heterocycles. The third-order valence-corrected chi connectivity index (χ3v) is 5.22. The van der Waals surface area contributed by atoms with Crippen molar-refractivity contribution in [3.05, 3.63) is 74.0 Å². The SMILES string of the molecule is COCc1cc(Cl)c(-n2cnc(N)c(C(=O)Nc3cncc([C@H](N)COC)c3)c2=O)c(Cl)c1. The van der Waals surface area contributed by atoms with Gasteiger partial charge in [0, 0.05) is 20.4 Å². The third-order valence-electron chi connectivity index (χ3n) is 4.65. The van der Waals surface area contributed by atoms with Crippen LogP contribution in [0.2, 0.25) is 10.0 Å². The molecule has 0 fully saturated rings. The molecule has 1 amide bonds. The lowest BCUT2D eigenvalue weighted by Crippen LogP contribution is -2.31. The lowest BCUT2D eigenvalue weighted by Gasteiger charge is -2.14. The Bertz CT molecular complexity index is 1210. The largest absolute Gasteiger partial charge is 0.383 e. The minimum atomic E-state index is -0.776. The molecule has 0 radical (unpaired) electrons. The van der Waals surface area contributed by atoms with Gasteiger partial charge >= 0.3 is 0 Å². The topological polar surface area (TPSA) is 147 Å². The maximum Gasteiger partial charge on any atom is 0.273 e. The minimum Gasteiger partial charge on any atom is -0.383 e. The zero-order valence-electron chi connectivity index (χ0n) is 17.8. The van der Waals surface area contributed by atoms with Crippen LogP contribution in [-0.2, 0) is 16.1 Å². The molecule has 1 atom stereocenters. The summed E-state index contributed by atoms with van der Waals surface area (Å²) in [5.74, 6) is -1.03. The van der Waals surface area contributed by atoms with Crippen LogP contribution in [-0.4, -0.2) is 41.3 Å². The summed E-state index contributed by atoms with van der Waals surface area (Å²) in [5, 5.41) is 2.96. The first kappa shape index (κ1) is 24.6. The molecule has 12 heteroatoms. The summed E-state index contributed by atoms with van der Waals surface area (Å²) in [6.07, 6.45) is 4.12. The first-order valence-electron chi connectivity index (χ1n) is 9.62.